The fourth-order valence-corrected chi connectivity index (χ4v) is 4.81. The Morgan fingerprint density at radius 2 is 1.74 bits per heavy atom. The molecular weight excluding hydrogens is 412 g/mol. The number of phenolic OH excluding ortho intramolecular Hbond substituents is 1. The van der Waals surface area contributed by atoms with Crippen molar-refractivity contribution < 1.29 is 19.8 Å². The lowest BCUT2D eigenvalue weighted by Gasteiger charge is -2.28. The predicted molar refractivity (Wildman–Crippen MR) is 120 cm³/mol. The first-order valence-corrected chi connectivity index (χ1v) is 10.6. The summed E-state index contributed by atoms with van der Waals surface area (Å²) in [5, 5.41) is 22.1. The molecule has 2 aromatic carbocycles. The molecule has 0 spiro atoms. The van der Waals surface area contributed by atoms with E-state index in [0.29, 0.717) is 16.1 Å². The Hall–Kier alpha value is -3.45. The molecule has 1 aromatic heterocycles. The molecule has 1 unspecified atom stereocenters. The van der Waals surface area contributed by atoms with Gasteiger partial charge in [0.05, 0.1) is 32.9 Å². The summed E-state index contributed by atoms with van der Waals surface area (Å²) < 4.78 is 0. The highest BCUT2D eigenvalue weighted by Crippen LogP contribution is 2.45. The van der Waals surface area contributed by atoms with Gasteiger partial charge >= 0.3 is 0 Å². The van der Waals surface area contributed by atoms with Gasteiger partial charge in [-0.1, -0.05) is 35.9 Å². The minimum absolute atomic E-state index is 0.0109. The third-order valence-corrected chi connectivity index (χ3v) is 6.38. The van der Waals surface area contributed by atoms with Gasteiger partial charge in [-0.25, -0.2) is 4.98 Å². The van der Waals surface area contributed by atoms with Crippen molar-refractivity contribution in [2.24, 2.45) is 0 Å². The molecule has 0 fully saturated rings. The summed E-state index contributed by atoms with van der Waals surface area (Å²) in [6.07, 6.45) is 0. The molecule has 2 N–H and O–H groups in total. The quantitative estimate of drug-likeness (QED) is 0.572. The number of hydrogen-bond acceptors (Lipinski definition) is 6. The van der Waals surface area contributed by atoms with E-state index in [4.69, 9.17) is 0 Å². The first-order valence-electron chi connectivity index (χ1n) is 9.80. The molecule has 0 aliphatic carbocycles. The number of aliphatic hydroxyl groups is 1. The summed E-state index contributed by atoms with van der Waals surface area (Å²) >= 11 is 1.23. The molecule has 0 saturated heterocycles. The van der Waals surface area contributed by atoms with Crippen LogP contribution in [-0.2, 0) is 4.79 Å². The number of hydrogen-bond donors (Lipinski definition) is 2. The van der Waals surface area contributed by atoms with Crippen molar-refractivity contribution in [2.75, 3.05) is 4.90 Å². The number of ketones is 1. The maximum absolute atomic E-state index is 13.5. The largest absolute Gasteiger partial charge is 0.506 e. The summed E-state index contributed by atoms with van der Waals surface area (Å²) in [5.41, 5.74) is 3.23. The zero-order valence-corrected chi connectivity index (χ0v) is 18.4. The third-order valence-electron chi connectivity index (χ3n) is 5.31. The second-order valence-corrected chi connectivity index (χ2v) is 8.93. The van der Waals surface area contributed by atoms with Gasteiger partial charge in [0.25, 0.3) is 5.91 Å². The standard InChI is InChI=1S/C24H22N2O4S/c1-12-6-5-7-16(10-12)20-19(21(28)23-14(3)25-15(4)31-23)22(29)24(30)26(20)17-11-13(2)8-9-18(17)27/h5-11,20,27,29H,1-4H3. The highest BCUT2D eigenvalue weighted by Gasteiger charge is 2.46. The van der Waals surface area contributed by atoms with E-state index in [2.05, 4.69) is 4.98 Å². The molecule has 2 heterocycles. The number of anilines is 1. The lowest BCUT2D eigenvalue weighted by molar-refractivity contribution is -0.117. The second-order valence-electron chi connectivity index (χ2n) is 7.72. The Morgan fingerprint density at radius 3 is 2.39 bits per heavy atom. The molecule has 1 atom stereocenters. The van der Waals surface area contributed by atoms with Crippen molar-refractivity contribution in [1.29, 1.82) is 0 Å². The Kier molecular flexibility index (Phi) is 5.15. The summed E-state index contributed by atoms with van der Waals surface area (Å²) in [5.74, 6) is -1.88. The molecule has 158 valence electrons. The van der Waals surface area contributed by atoms with Crippen LogP contribution in [0.15, 0.2) is 53.8 Å². The normalized spacial score (nSPS) is 16.3. The number of carbonyl (C=O) groups is 2. The third kappa shape index (κ3) is 3.51. The summed E-state index contributed by atoms with van der Waals surface area (Å²) in [7, 11) is 0. The number of aromatic nitrogens is 1. The van der Waals surface area contributed by atoms with E-state index in [1.54, 1.807) is 32.0 Å². The topological polar surface area (TPSA) is 90.7 Å². The predicted octanol–water partition coefficient (Wildman–Crippen LogP) is 4.87. The van der Waals surface area contributed by atoms with Crippen LogP contribution in [0, 0.1) is 27.7 Å². The van der Waals surface area contributed by atoms with Crippen LogP contribution >= 0.6 is 11.3 Å². The van der Waals surface area contributed by atoms with E-state index in [0.717, 1.165) is 16.1 Å². The van der Waals surface area contributed by atoms with Gasteiger partial charge in [0.15, 0.2) is 5.76 Å². The minimum Gasteiger partial charge on any atom is -0.506 e. The van der Waals surface area contributed by atoms with Gasteiger partial charge in [-0.15, -0.1) is 11.3 Å². The number of phenols is 1. The van der Waals surface area contributed by atoms with Crippen LogP contribution < -0.4 is 4.90 Å². The number of aromatic hydroxyl groups is 1. The summed E-state index contributed by atoms with van der Waals surface area (Å²) in [4.78, 5) is 32.8. The maximum Gasteiger partial charge on any atom is 0.294 e. The van der Waals surface area contributed by atoms with Gasteiger partial charge in [0, 0.05) is 0 Å². The molecule has 1 aliphatic rings. The maximum atomic E-state index is 13.5. The van der Waals surface area contributed by atoms with E-state index < -0.39 is 23.5 Å². The summed E-state index contributed by atoms with van der Waals surface area (Å²) in [6.45, 7) is 7.29. The molecule has 1 aliphatic heterocycles. The van der Waals surface area contributed by atoms with Crippen LogP contribution in [0.25, 0.3) is 0 Å². The van der Waals surface area contributed by atoms with Gasteiger partial charge in [0.1, 0.15) is 5.75 Å². The van der Waals surface area contributed by atoms with Crippen molar-refractivity contribution in [1.82, 2.24) is 4.98 Å². The van der Waals surface area contributed by atoms with Crippen LogP contribution in [0.2, 0.25) is 0 Å². The Morgan fingerprint density at radius 1 is 1.03 bits per heavy atom. The van der Waals surface area contributed by atoms with Crippen LogP contribution in [0.5, 0.6) is 5.75 Å². The number of thiazole rings is 1. The van der Waals surface area contributed by atoms with E-state index in [1.807, 2.05) is 32.0 Å². The minimum atomic E-state index is -0.880. The van der Waals surface area contributed by atoms with Gasteiger partial charge in [-0.2, -0.15) is 0 Å². The molecule has 0 bridgehead atoms. The van der Waals surface area contributed by atoms with Crippen molar-refractivity contribution >= 4 is 28.7 Å². The van der Waals surface area contributed by atoms with E-state index >= 15 is 0 Å². The van der Waals surface area contributed by atoms with E-state index in [9.17, 15) is 19.8 Å². The van der Waals surface area contributed by atoms with Crippen LogP contribution in [0.4, 0.5) is 5.69 Å². The van der Waals surface area contributed by atoms with Crippen molar-refractivity contribution in [3.63, 3.8) is 0 Å². The second kappa shape index (κ2) is 7.67. The molecule has 0 saturated carbocycles. The van der Waals surface area contributed by atoms with E-state index in [-0.39, 0.29) is 17.0 Å². The molecule has 1 amide bonds. The Balaban J connectivity index is 1.94. The Bertz CT molecular complexity index is 1260. The first-order chi connectivity index (χ1) is 14.7. The lowest BCUT2D eigenvalue weighted by atomic mass is 9.93. The SMILES string of the molecule is Cc1cccc(C2C(C(=O)c3sc(C)nc3C)=C(O)C(=O)N2c2cc(C)ccc2O)c1. The monoisotopic (exact) mass is 434 g/mol. The van der Waals surface area contributed by atoms with Crippen molar-refractivity contribution in [3.05, 3.63) is 86.1 Å². The van der Waals surface area contributed by atoms with Crippen LogP contribution in [0.1, 0.15) is 43.1 Å². The molecule has 0 radical (unpaired) electrons. The molecule has 4 rings (SSSR count). The molecule has 7 heteroatoms. The fraction of sp³-hybridized carbons (Fsp3) is 0.208. The van der Waals surface area contributed by atoms with Gasteiger partial charge < -0.3 is 10.2 Å². The van der Waals surface area contributed by atoms with E-state index in [1.165, 1.54) is 22.3 Å². The number of aliphatic hydroxyl groups excluding tert-OH is 1. The summed E-state index contributed by atoms with van der Waals surface area (Å²) in [6, 6.07) is 11.4. The average Bonchev–Trinajstić information content (AvgIpc) is 3.19. The number of benzene rings is 2. The lowest BCUT2D eigenvalue weighted by Crippen LogP contribution is -2.31. The number of nitrogens with zero attached hydrogens (tertiary/aromatic N) is 2. The van der Waals surface area contributed by atoms with Gasteiger partial charge in [-0.05, 0) is 51.0 Å². The van der Waals surface area contributed by atoms with Gasteiger partial charge in [0.2, 0.25) is 5.78 Å². The Labute approximate surface area is 184 Å². The molecule has 3 aromatic rings. The molecule has 6 nitrogen and oxygen atoms in total. The number of rotatable bonds is 4. The van der Waals surface area contributed by atoms with Crippen LogP contribution in [0.3, 0.4) is 0 Å². The number of amides is 1. The highest BCUT2D eigenvalue weighted by atomic mass is 32.1. The zero-order valence-electron chi connectivity index (χ0n) is 17.6. The molecule has 31 heavy (non-hydrogen) atoms. The van der Waals surface area contributed by atoms with Crippen molar-refractivity contribution in [2.45, 2.75) is 33.7 Å². The number of carbonyl (C=O) groups excluding carboxylic acids is 2. The van der Waals surface area contributed by atoms with Gasteiger partial charge in [-0.3, -0.25) is 14.5 Å². The van der Waals surface area contributed by atoms with Crippen molar-refractivity contribution in [3.8, 4) is 5.75 Å². The fourth-order valence-electron chi connectivity index (χ4n) is 3.93. The van der Waals surface area contributed by atoms with Crippen LogP contribution in [-0.4, -0.2) is 26.9 Å². The first kappa shape index (κ1) is 20.8. The average molecular weight is 435 g/mol. The smallest absolute Gasteiger partial charge is 0.294 e. The zero-order chi connectivity index (χ0) is 22.4. The number of Topliss-reactive ketones (excluding diaryl/α,β-unsaturated/α-hetero) is 1. The number of aryl methyl sites for hydroxylation is 4. The molecular formula is C24H22N2O4S. The highest BCUT2D eigenvalue weighted by molar-refractivity contribution is 7.14.